The highest BCUT2D eigenvalue weighted by Gasteiger charge is 2.39. The first-order valence-corrected chi connectivity index (χ1v) is 14.6. The zero-order valence-corrected chi connectivity index (χ0v) is 23.8. The number of benzene rings is 3. The SMILES string of the molecule is COc1cccc(N2CCN(C(=O)C3CCCN(c4cccc5c4C(=O)N(CCc4cccc(F)c4)C5=O)C3)CC2)c1. The van der Waals surface area contributed by atoms with Gasteiger partial charge in [0.2, 0.25) is 5.91 Å². The van der Waals surface area contributed by atoms with Gasteiger partial charge in [0.15, 0.2) is 0 Å². The van der Waals surface area contributed by atoms with Crippen LogP contribution >= 0.6 is 0 Å². The largest absolute Gasteiger partial charge is 0.497 e. The zero-order chi connectivity index (χ0) is 29.2. The van der Waals surface area contributed by atoms with Gasteiger partial charge in [-0.2, -0.15) is 0 Å². The number of methoxy groups -OCH3 is 1. The quantitative estimate of drug-likeness (QED) is 0.396. The van der Waals surface area contributed by atoms with Crippen molar-refractivity contribution >= 4 is 29.1 Å². The van der Waals surface area contributed by atoms with E-state index in [1.165, 1.54) is 17.0 Å². The molecule has 0 saturated carbocycles. The summed E-state index contributed by atoms with van der Waals surface area (Å²) in [6, 6.07) is 19.6. The first kappa shape index (κ1) is 27.8. The summed E-state index contributed by atoms with van der Waals surface area (Å²) in [6.07, 6.45) is 2.01. The molecule has 0 spiro atoms. The van der Waals surface area contributed by atoms with E-state index in [-0.39, 0.29) is 36.0 Å². The lowest BCUT2D eigenvalue weighted by Gasteiger charge is -2.40. The van der Waals surface area contributed by atoms with Crippen LogP contribution < -0.4 is 14.5 Å². The van der Waals surface area contributed by atoms with Crippen LogP contribution in [0.1, 0.15) is 39.1 Å². The molecule has 218 valence electrons. The number of halogens is 1. The molecule has 0 aliphatic carbocycles. The van der Waals surface area contributed by atoms with E-state index in [1.54, 1.807) is 31.4 Å². The highest BCUT2D eigenvalue weighted by atomic mass is 19.1. The Morgan fingerprint density at radius 3 is 2.48 bits per heavy atom. The fraction of sp³-hybridized carbons (Fsp3) is 0.364. The van der Waals surface area contributed by atoms with Gasteiger partial charge in [0, 0.05) is 57.6 Å². The lowest BCUT2D eigenvalue weighted by molar-refractivity contribution is -0.136. The minimum absolute atomic E-state index is 0.150. The summed E-state index contributed by atoms with van der Waals surface area (Å²) in [5.74, 6) is -0.206. The standard InChI is InChI=1S/C33H35FN4O4/c1-42-27-10-3-9-26(21-27)35-16-18-36(19-17-35)31(39)24-7-5-14-37(22-24)29-12-4-11-28-30(29)33(41)38(32(28)40)15-13-23-6-2-8-25(34)20-23/h2-4,6,8-12,20-21,24H,5,7,13-19,22H2,1H3. The number of piperazine rings is 1. The van der Waals surface area contributed by atoms with Gasteiger partial charge in [-0.05, 0) is 61.2 Å². The molecule has 3 aromatic carbocycles. The number of imide groups is 1. The van der Waals surface area contributed by atoms with Crippen molar-refractivity contribution in [2.75, 3.05) is 62.7 Å². The highest BCUT2D eigenvalue weighted by molar-refractivity contribution is 6.23. The van der Waals surface area contributed by atoms with Crippen molar-refractivity contribution in [1.82, 2.24) is 9.80 Å². The van der Waals surface area contributed by atoms with Gasteiger partial charge in [0.1, 0.15) is 11.6 Å². The molecular weight excluding hydrogens is 535 g/mol. The summed E-state index contributed by atoms with van der Waals surface area (Å²) in [7, 11) is 1.66. The second-order valence-corrected chi connectivity index (χ2v) is 11.1. The number of anilines is 2. The third-order valence-corrected chi connectivity index (χ3v) is 8.61. The van der Waals surface area contributed by atoms with Gasteiger partial charge < -0.3 is 19.4 Å². The third-order valence-electron chi connectivity index (χ3n) is 8.61. The van der Waals surface area contributed by atoms with Crippen LogP contribution in [0.3, 0.4) is 0 Å². The Morgan fingerprint density at radius 2 is 1.69 bits per heavy atom. The fourth-order valence-corrected chi connectivity index (χ4v) is 6.36. The molecule has 2 fully saturated rings. The van der Waals surface area contributed by atoms with Gasteiger partial charge in [0.05, 0.1) is 29.8 Å². The van der Waals surface area contributed by atoms with Crippen LogP contribution in [0.2, 0.25) is 0 Å². The van der Waals surface area contributed by atoms with Gasteiger partial charge in [0.25, 0.3) is 11.8 Å². The molecule has 0 aromatic heterocycles. The monoisotopic (exact) mass is 570 g/mol. The molecule has 9 heteroatoms. The predicted molar refractivity (Wildman–Crippen MR) is 159 cm³/mol. The average molecular weight is 571 g/mol. The number of carbonyl (C=O) groups excluding carboxylic acids is 3. The molecule has 2 saturated heterocycles. The van der Waals surface area contributed by atoms with Crippen molar-refractivity contribution in [3.63, 3.8) is 0 Å². The lowest BCUT2D eigenvalue weighted by atomic mass is 9.94. The van der Waals surface area contributed by atoms with E-state index in [2.05, 4.69) is 15.9 Å². The van der Waals surface area contributed by atoms with Crippen molar-refractivity contribution in [3.05, 3.63) is 89.2 Å². The summed E-state index contributed by atoms with van der Waals surface area (Å²) in [5.41, 5.74) is 3.32. The zero-order valence-electron chi connectivity index (χ0n) is 23.8. The number of amides is 3. The average Bonchev–Trinajstić information content (AvgIpc) is 3.28. The first-order chi connectivity index (χ1) is 20.4. The number of hydrogen-bond acceptors (Lipinski definition) is 6. The number of ether oxygens (including phenoxy) is 1. The fourth-order valence-electron chi connectivity index (χ4n) is 6.36. The molecule has 0 N–H and O–H groups in total. The van der Waals surface area contributed by atoms with Crippen molar-refractivity contribution in [2.45, 2.75) is 19.3 Å². The van der Waals surface area contributed by atoms with Crippen molar-refractivity contribution < 1.29 is 23.5 Å². The van der Waals surface area contributed by atoms with Gasteiger partial charge >= 0.3 is 0 Å². The summed E-state index contributed by atoms with van der Waals surface area (Å²) in [6.45, 7) is 4.22. The van der Waals surface area contributed by atoms with Crippen LogP contribution in [0, 0.1) is 11.7 Å². The number of carbonyl (C=O) groups is 3. The maximum Gasteiger partial charge on any atom is 0.263 e. The normalized spacial score (nSPS) is 18.9. The van der Waals surface area contributed by atoms with Gasteiger partial charge in [-0.15, -0.1) is 0 Å². The predicted octanol–water partition coefficient (Wildman–Crippen LogP) is 4.24. The molecule has 42 heavy (non-hydrogen) atoms. The molecule has 8 nitrogen and oxygen atoms in total. The summed E-state index contributed by atoms with van der Waals surface area (Å²) in [5, 5.41) is 0. The number of nitrogens with zero attached hydrogens (tertiary/aromatic N) is 4. The Morgan fingerprint density at radius 1 is 0.905 bits per heavy atom. The van der Waals surface area contributed by atoms with Crippen molar-refractivity contribution in [1.29, 1.82) is 0 Å². The Bertz CT molecular complexity index is 1500. The minimum Gasteiger partial charge on any atom is -0.497 e. The Hall–Kier alpha value is -4.40. The summed E-state index contributed by atoms with van der Waals surface area (Å²) < 4.78 is 19.0. The van der Waals surface area contributed by atoms with E-state index in [1.807, 2.05) is 29.2 Å². The Kier molecular flexibility index (Phi) is 7.82. The Balaban J connectivity index is 1.11. The van der Waals surface area contributed by atoms with E-state index in [0.29, 0.717) is 49.4 Å². The van der Waals surface area contributed by atoms with Crippen LogP contribution in [0.25, 0.3) is 0 Å². The second-order valence-electron chi connectivity index (χ2n) is 11.1. The molecule has 3 amide bonds. The smallest absolute Gasteiger partial charge is 0.263 e. The maximum atomic E-state index is 13.6. The first-order valence-electron chi connectivity index (χ1n) is 14.6. The molecule has 6 rings (SSSR count). The van der Waals surface area contributed by atoms with Gasteiger partial charge in [-0.1, -0.05) is 24.3 Å². The van der Waals surface area contributed by atoms with E-state index >= 15 is 0 Å². The number of piperidine rings is 1. The minimum atomic E-state index is -0.343. The summed E-state index contributed by atoms with van der Waals surface area (Å²) in [4.78, 5) is 48.0. The Labute approximate surface area is 245 Å². The maximum absolute atomic E-state index is 13.6. The van der Waals surface area contributed by atoms with Crippen LogP contribution in [-0.2, 0) is 11.2 Å². The van der Waals surface area contributed by atoms with E-state index in [0.717, 1.165) is 42.9 Å². The van der Waals surface area contributed by atoms with E-state index < -0.39 is 0 Å². The molecule has 3 aliphatic heterocycles. The molecule has 3 aromatic rings. The molecule has 0 bridgehead atoms. The highest BCUT2D eigenvalue weighted by Crippen LogP contribution is 2.34. The number of fused-ring (bicyclic) bond motifs is 1. The summed E-state index contributed by atoms with van der Waals surface area (Å²) >= 11 is 0. The van der Waals surface area contributed by atoms with E-state index in [4.69, 9.17) is 4.74 Å². The number of rotatable bonds is 7. The van der Waals surface area contributed by atoms with Gasteiger partial charge in [-0.25, -0.2) is 4.39 Å². The number of hydrogen-bond donors (Lipinski definition) is 0. The molecule has 0 radical (unpaired) electrons. The van der Waals surface area contributed by atoms with Crippen LogP contribution in [-0.4, -0.2) is 80.4 Å². The van der Waals surface area contributed by atoms with E-state index in [9.17, 15) is 18.8 Å². The van der Waals surface area contributed by atoms with Crippen molar-refractivity contribution in [3.8, 4) is 5.75 Å². The third kappa shape index (κ3) is 5.43. The van der Waals surface area contributed by atoms with Gasteiger partial charge in [-0.3, -0.25) is 19.3 Å². The van der Waals surface area contributed by atoms with Crippen molar-refractivity contribution in [2.24, 2.45) is 5.92 Å². The van der Waals surface area contributed by atoms with Crippen LogP contribution in [0.5, 0.6) is 5.75 Å². The topological polar surface area (TPSA) is 73.4 Å². The molecule has 1 unspecified atom stereocenters. The van der Waals surface area contributed by atoms with Crippen LogP contribution in [0.4, 0.5) is 15.8 Å². The lowest BCUT2D eigenvalue weighted by Crippen LogP contribution is -2.52. The molecule has 3 aliphatic rings. The second kappa shape index (κ2) is 11.8. The molecule has 1 atom stereocenters. The van der Waals surface area contributed by atoms with Crippen LogP contribution in [0.15, 0.2) is 66.7 Å². The molecule has 3 heterocycles. The molecular formula is C33H35FN4O4.